The first-order valence-corrected chi connectivity index (χ1v) is 8.32. The number of carbonyl (C=O) groups excluding carboxylic acids is 1. The highest BCUT2D eigenvalue weighted by Gasteiger charge is 2.29. The van der Waals surface area contributed by atoms with Crippen molar-refractivity contribution in [2.75, 3.05) is 18.9 Å². The van der Waals surface area contributed by atoms with Gasteiger partial charge >= 0.3 is 12.3 Å². The molecule has 0 bridgehead atoms. The van der Waals surface area contributed by atoms with E-state index in [2.05, 4.69) is 20.3 Å². The first kappa shape index (κ1) is 19.1. The topological polar surface area (TPSA) is 69.0 Å². The Balaban J connectivity index is 1.83. The molecule has 0 fully saturated rings. The number of thioether (sulfide) groups is 1. The number of carbonyl (C=O) groups is 1. The van der Waals surface area contributed by atoms with Gasteiger partial charge < -0.3 is 14.6 Å². The zero-order valence-electron chi connectivity index (χ0n) is 13.6. The third kappa shape index (κ3) is 5.66. The molecule has 1 aromatic heterocycles. The molecule has 1 aromatic carbocycles. The molecule has 0 radical (unpaired) electrons. The largest absolute Gasteiger partial charge is 0.440 e. The van der Waals surface area contributed by atoms with Gasteiger partial charge in [0, 0.05) is 24.9 Å². The van der Waals surface area contributed by atoms with Crippen molar-refractivity contribution in [3.63, 3.8) is 0 Å². The van der Waals surface area contributed by atoms with E-state index in [1.165, 1.54) is 11.8 Å². The molecule has 0 unspecified atom stereocenters. The fourth-order valence-electron chi connectivity index (χ4n) is 1.99. The van der Waals surface area contributed by atoms with Crippen LogP contribution in [0.2, 0.25) is 0 Å². The van der Waals surface area contributed by atoms with Crippen molar-refractivity contribution in [2.45, 2.75) is 18.3 Å². The molecule has 1 amide bonds. The van der Waals surface area contributed by atoms with Gasteiger partial charge in [-0.2, -0.15) is 13.2 Å². The summed E-state index contributed by atoms with van der Waals surface area (Å²) >= 11 is 1.33. The molecule has 0 aliphatic carbocycles. The highest BCUT2D eigenvalue weighted by atomic mass is 32.2. The molecule has 1 heterocycles. The number of aromatic nitrogens is 3. The summed E-state index contributed by atoms with van der Waals surface area (Å²) in [6, 6.07) is 7.79. The Bertz CT molecular complexity index is 734. The van der Waals surface area contributed by atoms with Crippen LogP contribution in [-0.2, 0) is 11.8 Å². The third-order valence-corrected chi connectivity index (χ3v) is 4.21. The van der Waals surface area contributed by atoms with E-state index in [9.17, 15) is 18.0 Å². The number of alkyl carbamates (subject to hydrolysis) is 1. The minimum Gasteiger partial charge on any atom is -0.440 e. The lowest BCUT2D eigenvalue weighted by atomic mass is 10.1. The van der Waals surface area contributed by atoms with Gasteiger partial charge in [-0.25, -0.2) is 4.79 Å². The summed E-state index contributed by atoms with van der Waals surface area (Å²) in [5.41, 5.74) is 2.04. The van der Waals surface area contributed by atoms with Crippen LogP contribution < -0.4 is 5.32 Å². The van der Waals surface area contributed by atoms with E-state index in [1.54, 1.807) is 0 Å². The van der Waals surface area contributed by atoms with Crippen molar-refractivity contribution in [1.29, 1.82) is 0 Å². The molecule has 0 aliphatic rings. The summed E-state index contributed by atoms with van der Waals surface area (Å²) in [5, 5.41) is 11.2. The number of ether oxygens (including phenoxy) is 1. The van der Waals surface area contributed by atoms with Crippen molar-refractivity contribution >= 4 is 17.9 Å². The van der Waals surface area contributed by atoms with Crippen molar-refractivity contribution in [2.24, 2.45) is 7.05 Å². The van der Waals surface area contributed by atoms with Gasteiger partial charge in [0.25, 0.3) is 0 Å². The second-order valence-electron chi connectivity index (χ2n) is 5.15. The molecular formula is C15H17F3N4O2S. The maximum Gasteiger partial charge on any atom is 0.422 e. The van der Waals surface area contributed by atoms with Crippen molar-refractivity contribution < 1.29 is 22.7 Å². The Labute approximate surface area is 146 Å². The van der Waals surface area contributed by atoms with Crippen LogP contribution in [0.15, 0.2) is 29.4 Å². The number of hydrogen-bond donors (Lipinski definition) is 1. The minimum absolute atomic E-state index is 0.147. The maximum absolute atomic E-state index is 11.9. The lowest BCUT2D eigenvalue weighted by Crippen LogP contribution is -2.30. The van der Waals surface area contributed by atoms with Crippen molar-refractivity contribution in [3.05, 3.63) is 29.8 Å². The smallest absolute Gasteiger partial charge is 0.422 e. The first-order valence-electron chi connectivity index (χ1n) is 7.33. The molecule has 2 aromatic rings. The van der Waals surface area contributed by atoms with Crippen LogP contribution in [0.4, 0.5) is 18.0 Å². The zero-order valence-corrected chi connectivity index (χ0v) is 14.4. The molecule has 2 rings (SSSR count). The average molecular weight is 374 g/mol. The van der Waals surface area contributed by atoms with E-state index in [0.29, 0.717) is 10.9 Å². The van der Waals surface area contributed by atoms with Gasteiger partial charge in [0.05, 0.1) is 0 Å². The Morgan fingerprint density at radius 1 is 1.32 bits per heavy atom. The number of nitrogens with one attached hydrogen (secondary N) is 1. The molecule has 10 heteroatoms. The van der Waals surface area contributed by atoms with E-state index < -0.39 is 18.9 Å². The molecular weight excluding hydrogens is 357 g/mol. The highest BCUT2D eigenvalue weighted by Crippen LogP contribution is 2.24. The standard InChI is InChI=1S/C15H17F3N4O2S/c1-10-5-3-4-6-11(10)12-20-21-13(22(12)2)25-8-7-19-14(23)24-9-15(16,17)18/h3-6H,7-9H2,1-2H3,(H,19,23). The number of aryl methyl sites for hydroxylation is 1. The second-order valence-corrected chi connectivity index (χ2v) is 6.21. The zero-order chi connectivity index (χ0) is 18.4. The van der Waals surface area contributed by atoms with Crippen LogP contribution in [0.1, 0.15) is 5.56 Å². The normalized spacial score (nSPS) is 11.4. The molecule has 6 nitrogen and oxygen atoms in total. The Morgan fingerprint density at radius 2 is 2.04 bits per heavy atom. The monoisotopic (exact) mass is 374 g/mol. The summed E-state index contributed by atoms with van der Waals surface area (Å²) < 4.78 is 41.6. The Morgan fingerprint density at radius 3 is 2.72 bits per heavy atom. The number of hydrogen-bond acceptors (Lipinski definition) is 5. The van der Waals surface area contributed by atoms with E-state index >= 15 is 0 Å². The quantitative estimate of drug-likeness (QED) is 0.621. The van der Waals surface area contributed by atoms with Gasteiger partial charge in [-0.3, -0.25) is 0 Å². The lowest BCUT2D eigenvalue weighted by Gasteiger charge is -2.09. The van der Waals surface area contributed by atoms with Crippen LogP contribution >= 0.6 is 11.8 Å². The number of nitrogens with zero attached hydrogens (tertiary/aromatic N) is 3. The van der Waals surface area contributed by atoms with Gasteiger partial charge in [-0.15, -0.1) is 10.2 Å². The lowest BCUT2D eigenvalue weighted by molar-refractivity contribution is -0.160. The number of rotatable bonds is 6. The summed E-state index contributed by atoms with van der Waals surface area (Å²) in [7, 11) is 1.83. The molecule has 0 aliphatic heterocycles. The molecule has 0 atom stereocenters. The first-order chi connectivity index (χ1) is 11.8. The van der Waals surface area contributed by atoms with Gasteiger partial charge in [0.2, 0.25) is 0 Å². The van der Waals surface area contributed by atoms with E-state index in [0.717, 1.165) is 17.0 Å². The molecule has 136 valence electrons. The van der Waals surface area contributed by atoms with Gasteiger partial charge in [0.1, 0.15) is 0 Å². The van der Waals surface area contributed by atoms with Gasteiger partial charge in [0.15, 0.2) is 17.6 Å². The number of alkyl halides is 3. The fraction of sp³-hybridized carbons (Fsp3) is 0.400. The van der Waals surface area contributed by atoms with Crippen LogP contribution in [-0.4, -0.2) is 45.9 Å². The minimum atomic E-state index is -4.53. The number of benzene rings is 1. The van der Waals surface area contributed by atoms with E-state index in [1.807, 2.05) is 42.8 Å². The number of halogens is 3. The molecule has 0 saturated heterocycles. The fourth-order valence-corrected chi connectivity index (χ4v) is 2.76. The maximum atomic E-state index is 11.9. The Kier molecular flexibility index (Phi) is 6.29. The predicted molar refractivity (Wildman–Crippen MR) is 87.3 cm³/mol. The highest BCUT2D eigenvalue weighted by molar-refractivity contribution is 7.99. The predicted octanol–water partition coefficient (Wildman–Crippen LogP) is 3.17. The van der Waals surface area contributed by atoms with E-state index in [4.69, 9.17) is 0 Å². The van der Waals surface area contributed by atoms with Crippen LogP contribution in [0, 0.1) is 6.92 Å². The van der Waals surface area contributed by atoms with E-state index in [-0.39, 0.29) is 6.54 Å². The molecule has 0 spiro atoms. The Hall–Kier alpha value is -2.23. The molecule has 0 saturated carbocycles. The van der Waals surface area contributed by atoms with Crippen molar-refractivity contribution in [1.82, 2.24) is 20.1 Å². The number of amides is 1. The average Bonchev–Trinajstić information content (AvgIpc) is 2.90. The molecule has 25 heavy (non-hydrogen) atoms. The van der Waals surface area contributed by atoms with Crippen LogP contribution in [0.3, 0.4) is 0 Å². The van der Waals surface area contributed by atoms with Gasteiger partial charge in [-0.05, 0) is 12.5 Å². The third-order valence-electron chi connectivity index (χ3n) is 3.19. The van der Waals surface area contributed by atoms with Crippen LogP contribution in [0.25, 0.3) is 11.4 Å². The second kappa shape index (κ2) is 8.24. The van der Waals surface area contributed by atoms with Crippen molar-refractivity contribution in [3.8, 4) is 11.4 Å². The summed E-state index contributed by atoms with van der Waals surface area (Å²) in [6.45, 7) is 0.524. The SMILES string of the molecule is Cc1ccccc1-c1nnc(SCCNC(=O)OCC(F)(F)F)n1C. The molecule has 1 N–H and O–H groups in total. The van der Waals surface area contributed by atoms with Crippen LogP contribution in [0.5, 0.6) is 0 Å². The summed E-state index contributed by atoms with van der Waals surface area (Å²) in [4.78, 5) is 11.1. The summed E-state index contributed by atoms with van der Waals surface area (Å²) in [5.74, 6) is 1.14. The summed E-state index contributed by atoms with van der Waals surface area (Å²) in [6.07, 6.45) is -5.63. The van der Waals surface area contributed by atoms with Gasteiger partial charge in [-0.1, -0.05) is 36.0 Å².